The number of benzene rings is 1. The van der Waals surface area contributed by atoms with Gasteiger partial charge in [0.1, 0.15) is 15.5 Å². The van der Waals surface area contributed by atoms with E-state index in [0.29, 0.717) is 10.7 Å². The van der Waals surface area contributed by atoms with Crippen molar-refractivity contribution in [3.05, 3.63) is 41.5 Å². The highest BCUT2D eigenvalue weighted by molar-refractivity contribution is 7.92. The first-order valence-electron chi connectivity index (χ1n) is 8.02. The lowest BCUT2D eigenvalue weighted by molar-refractivity contribution is -0.275. The van der Waals surface area contributed by atoms with Crippen LogP contribution in [0.1, 0.15) is 24.6 Å². The predicted octanol–water partition coefficient (Wildman–Crippen LogP) is 4.37. The lowest BCUT2D eigenvalue weighted by atomic mass is 10.3. The fraction of sp³-hybridized carbons (Fsp3) is 0.250. The van der Waals surface area contributed by atoms with E-state index in [-0.39, 0.29) is 17.5 Å². The van der Waals surface area contributed by atoms with E-state index in [4.69, 9.17) is 4.52 Å². The molecule has 0 atom stereocenters. The summed E-state index contributed by atoms with van der Waals surface area (Å²) >= 11 is 1.16. The van der Waals surface area contributed by atoms with Gasteiger partial charge in [-0.15, -0.1) is 24.5 Å². The minimum absolute atomic E-state index is 0.123. The van der Waals surface area contributed by atoms with E-state index in [2.05, 4.69) is 19.6 Å². The van der Waals surface area contributed by atoms with Crippen molar-refractivity contribution < 1.29 is 30.8 Å². The van der Waals surface area contributed by atoms with Gasteiger partial charge in [-0.3, -0.25) is 4.72 Å². The Bertz CT molecular complexity index is 1100. The molecule has 0 radical (unpaired) electrons. The van der Waals surface area contributed by atoms with Gasteiger partial charge in [-0.2, -0.15) is 4.98 Å². The maximum absolute atomic E-state index is 12.7. The molecule has 0 unspecified atom stereocenters. The standard InChI is InChI=1S/C16H12F3N3O4S2/c17-16(18,19)25-11-3-1-2-4-12(11)28(23,24)22-10-7-8-27-13(10)15-20-14(21-26-15)9-5-6-9/h1-4,7-9,22H,5-6H2. The van der Waals surface area contributed by atoms with Crippen LogP contribution in [-0.2, 0) is 10.0 Å². The fourth-order valence-corrected chi connectivity index (χ4v) is 4.51. The van der Waals surface area contributed by atoms with Gasteiger partial charge in [-0.1, -0.05) is 17.3 Å². The van der Waals surface area contributed by atoms with Crippen LogP contribution in [0.5, 0.6) is 5.75 Å². The fourth-order valence-electron chi connectivity index (χ4n) is 2.47. The molecule has 0 bridgehead atoms. The van der Waals surface area contributed by atoms with Crippen LogP contribution in [-0.4, -0.2) is 24.9 Å². The van der Waals surface area contributed by atoms with Gasteiger partial charge in [-0.05, 0) is 36.4 Å². The van der Waals surface area contributed by atoms with Crippen LogP contribution in [0.2, 0.25) is 0 Å². The number of para-hydroxylation sites is 1. The molecule has 12 heteroatoms. The highest BCUT2D eigenvalue weighted by Crippen LogP contribution is 2.41. The third kappa shape index (κ3) is 3.97. The summed E-state index contributed by atoms with van der Waals surface area (Å²) in [5, 5.41) is 5.49. The quantitative estimate of drug-likeness (QED) is 0.623. The average molecular weight is 431 g/mol. The molecule has 1 aliphatic rings. The molecule has 2 aromatic heterocycles. The van der Waals surface area contributed by atoms with Crippen LogP contribution in [0, 0.1) is 0 Å². The number of rotatable bonds is 6. The molecule has 4 rings (SSSR count). The number of anilines is 1. The molecule has 2 heterocycles. The Morgan fingerprint density at radius 1 is 1.21 bits per heavy atom. The third-order valence-corrected chi connectivity index (χ3v) is 6.16. The van der Waals surface area contributed by atoms with Crippen LogP contribution in [0.4, 0.5) is 18.9 Å². The Morgan fingerprint density at radius 3 is 2.68 bits per heavy atom. The molecule has 1 aromatic carbocycles. The maximum Gasteiger partial charge on any atom is 0.573 e. The number of ether oxygens (including phenoxy) is 1. The normalized spacial score (nSPS) is 14.8. The zero-order chi connectivity index (χ0) is 19.9. The van der Waals surface area contributed by atoms with Crippen molar-refractivity contribution in [3.63, 3.8) is 0 Å². The van der Waals surface area contributed by atoms with Crippen molar-refractivity contribution >= 4 is 27.0 Å². The van der Waals surface area contributed by atoms with Crippen molar-refractivity contribution in [2.45, 2.75) is 30.0 Å². The highest BCUT2D eigenvalue weighted by atomic mass is 32.2. The van der Waals surface area contributed by atoms with Gasteiger partial charge in [0.15, 0.2) is 5.82 Å². The Morgan fingerprint density at radius 2 is 1.96 bits per heavy atom. The van der Waals surface area contributed by atoms with Gasteiger partial charge in [0.25, 0.3) is 15.9 Å². The van der Waals surface area contributed by atoms with Gasteiger partial charge < -0.3 is 9.26 Å². The summed E-state index contributed by atoms with van der Waals surface area (Å²) in [4.78, 5) is 4.00. The van der Waals surface area contributed by atoms with E-state index in [9.17, 15) is 21.6 Å². The Hall–Kier alpha value is -2.60. The van der Waals surface area contributed by atoms with E-state index in [1.165, 1.54) is 18.2 Å². The number of hydrogen-bond acceptors (Lipinski definition) is 7. The predicted molar refractivity (Wildman–Crippen MR) is 93.5 cm³/mol. The topological polar surface area (TPSA) is 94.3 Å². The zero-order valence-corrected chi connectivity index (χ0v) is 15.6. The molecule has 1 N–H and O–H groups in total. The SMILES string of the molecule is O=S(=O)(Nc1ccsc1-c1nc(C2CC2)no1)c1ccccc1OC(F)(F)F. The van der Waals surface area contributed by atoms with Gasteiger partial charge in [-0.25, -0.2) is 8.42 Å². The Balaban J connectivity index is 1.64. The molecule has 3 aromatic rings. The number of aromatic nitrogens is 2. The molecule has 0 saturated heterocycles. The molecule has 1 saturated carbocycles. The van der Waals surface area contributed by atoms with Gasteiger partial charge in [0, 0.05) is 5.92 Å². The van der Waals surface area contributed by atoms with E-state index in [0.717, 1.165) is 36.3 Å². The smallest absolute Gasteiger partial charge is 0.404 e. The number of sulfonamides is 1. The van der Waals surface area contributed by atoms with Crippen LogP contribution in [0.15, 0.2) is 45.1 Å². The third-order valence-electron chi connectivity index (χ3n) is 3.85. The first kappa shape index (κ1) is 18.7. The Kier molecular flexibility index (Phi) is 4.54. The van der Waals surface area contributed by atoms with E-state index in [1.807, 2.05) is 0 Å². The van der Waals surface area contributed by atoms with Gasteiger partial charge >= 0.3 is 6.36 Å². The van der Waals surface area contributed by atoms with Crippen molar-refractivity contribution in [2.75, 3.05) is 4.72 Å². The number of hydrogen-bond donors (Lipinski definition) is 1. The van der Waals surface area contributed by atoms with Crippen molar-refractivity contribution in [1.82, 2.24) is 10.1 Å². The number of halogens is 3. The molecule has 0 aliphatic heterocycles. The minimum Gasteiger partial charge on any atom is -0.404 e. The second kappa shape index (κ2) is 6.78. The van der Waals surface area contributed by atoms with Crippen molar-refractivity contribution in [3.8, 4) is 16.5 Å². The first-order chi connectivity index (χ1) is 13.2. The molecule has 28 heavy (non-hydrogen) atoms. The molecule has 1 fully saturated rings. The minimum atomic E-state index is -5.03. The average Bonchev–Trinajstić information content (AvgIpc) is 3.16. The summed E-state index contributed by atoms with van der Waals surface area (Å²) in [6, 6.07) is 5.95. The summed E-state index contributed by atoms with van der Waals surface area (Å²) in [5.74, 6) is 0.132. The monoisotopic (exact) mass is 431 g/mol. The zero-order valence-electron chi connectivity index (χ0n) is 13.9. The lowest BCUT2D eigenvalue weighted by Gasteiger charge is -2.14. The molecule has 0 spiro atoms. The highest BCUT2D eigenvalue weighted by Gasteiger charge is 2.34. The van der Waals surface area contributed by atoms with Crippen LogP contribution >= 0.6 is 11.3 Å². The maximum atomic E-state index is 12.7. The summed E-state index contributed by atoms with van der Waals surface area (Å²) in [7, 11) is -4.37. The second-order valence-corrected chi connectivity index (χ2v) is 8.56. The largest absolute Gasteiger partial charge is 0.573 e. The summed E-state index contributed by atoms with van der Waals surface area (Å²) in [6.45, 7) is 0. The van der Waals surface area contributed by atoms with Crippen molar-refractivity contribution in [1.29, 1.82) is 0 Å². The van der Waals surface area contributed by atoms with Crippen LogP contribution in [0.3, 0.4) is 0 Å². The van der Waals surface area contributed by atoms with Crippen LogP contribution in [0.25, 0.3) is 10.8 Å². The Labute approximate surface area is 161 Å². The summed E-state index contributed by atoms with van der Waals surface area (Å²) in [6.07, 6.45) is -3.08. The van der Waals surface area contributed by atoms with E-state index < -0.39 is 27.0 Å². The molecule has 148 valence electrons. The molecular formula is C16H12F3N3O4S2. The number of thiophene rings is 1. The summed E-state index contributed by atoms with van der Waals surface area (Å²) < 4.78 is 74.4. The molecular weight excluding hydrogens is 419 g/mol. The lowest BCUT2D eigenvalue weighted by Crippen LogP contribution is -2.20. The number of alkyl halides is 3. The second-order valence-electron chi connectivity index (χ2n) is 6.00. The van der Waals surface area contributed by atoms with E-state index in [1.54, 1.807) is 5.38 Å². The number of nitrogens with zero attached hydrogens (tertiary/aromatic N) is 2. The van der Waals surface area contributed by atoms with E-state index >= 15 is 0 Å². The van der Waals surface area contributed by atoms with Gasteiger partial charge in [0.05, 0.1) is 5.69 Å². The summed E-state index contributed by atoms with van der Waals surface area (Å²) in [5.41, 5.74) is 0.123. The first-order valence-corrected chi connectivity index (χ1v) is 10.4. The molecule has 1 aliphatic carbocycles. The van der Waals surface area contributed by atoms with Gasteiger partial charge in [0.2, 0.25) is 0 Å². The molecule has 7 nitrogen and oxygen atoms in total. The van der Waals surface area contributed by atoms with Crippen molar-refractivity contribution in [2.24, 2.45) is 0 Å². The van der Waals surface area contributed by atoms with Crippen LogP contribution < -0.4 is 9.46 Å². The number of nitrogens with one attached hydrogen (secondary N) is 1. The molecule has 0 amide bonds.